The second kappa shape index (κ2) is 14.4. The quantitative estimate of drug-likeness (QED) is 0.322. The van der Waals surface area contributed by atoms with Crippen LogP contribution < -0.4 is 21.7 Å². The number of carbonyl (C=O) groups is 4. The Bertz CT molecular complexity index is 867. The molecule has 0 saturated carbocycles. The Labute approximate surface area is 214 Å². The third-order valence-corrected chi connectivity index (χ3v) is 5.02. The van der Waals surface area contributed by atoms with E-state index in [4.69, 9.17) is 15.2 Å². The monoisotopic (exact) mass is 506 g/mol. The molecule has 1 aromatic carbocycles. The summed E-state index contributed by atoms with van der Waals surface area (Å²) in [5, 5.41) is 7.84. The Balaban J connectivity index is 2.96. The van der Waals surface area contributed by atoms with Crippen LogP contribution in [0.15, 0.2) is 30.3 Å². The summed E-state index contributed by atoms with van der Waals surface area (Å²) in [6, 6.07) is 6.41. The molecule has 0 fully saturated rings. The number of primary amides is 1. The minimum absolute atomic E-state index is 0.124. The maximum Gasteiger partial charge on any atom is 0.408 e. The number of rotatable bonds is 13. The molecule has 0 heterocycles. The number of ether oxygens (including phenoxy) is 2. The zero-order chi connectivity index (χ0) is 27.5. The molecule has 0 aliphatic carbocycles. The summed E-state index contributed by atoms with van der Waals surface area (Å²) in [5.41, 5.74) is 5.58. The molecule has 0 aliphatic rings. The van der Waals surface area contributed by atoms with Crippen molar-refractivity contribution >= 4 is 23.8 Å². The van der Waals surface area contributed by atoms with E-state index in [0.29, 0.717) is 6.42 Å². The van der Waals surface area contributed by atoms with Crippen molar-refractivity contribution in [3.8, 4) is 0 Å². The lowest BCUT2D eigenvalue weighted by molar-refractivity contribution is -0.133. The molecule has 0 spiro atoms. The van der Waals surface area contributed by atoms with Gasteiger partial charge < -0.3 is 31.2 Å². The number of benzene rings is 1. The van der Waals surface area contributed by atoms with E-state index in [9.17, 15) is 19.2 Å². The van der Waals surface area contributed by atoms with Crippen LogP contribution in [0.25, 0.3) is 0 Å². The van der Waals surface area contributed by atoms with Gasteiger partial charge in [0.25, 0.3) is 0 Å². The first-order chi connectivity index (χ1) is 16.7. The molecule has 202 valence electrons. The molecular weight excluding hydrogens is 464 g/mol. The highest BCUT2D eigenvalue weighted by Gasteiger charge is 2.32. The minimum Gasteiger partial charge on any atom is -0.444 e. The average molecular weight is 507 g/mol. The predicted octanol–water partition coefficient (Wildman–Crippen LogP) is 2.25. The summed E-state index contributed by atoms with van der Waals surface area (Å²) in [4.78, 5) is 50.3. The Kier molecular flexibility index (Phi) is 12.4. The highest BCUT2D eigenvalue weighted by Crippen LogP contribution is 2.10. The first-order valence-corrected chi connectivity index (χ1v) is 12.2. The van der Waals surface area contributed by atoms with E-state index in [2.05, 4.69) is 16.0 Å². The number of hydrogen-bond acceptors (Lipinski definition) is 6. The lowest BCUT2D eigenvalue weighted by atomic mass is 10.00. The van der Waals surface area contributed by atoms with Gasteiger partial charge in [0.15, 0.2) is 0 Å². The molecular formula is C26H42N4O6. The van der Waals surface area contributed by atoms with Crippen molar-refractivity contribution < 1.29 is 28.7 Å². The van der Waals surface area contributed by atoms with E-state index in [1.807, 2.05) is 44.2 Å². The van der Waals surface area contributed by atoms with Crippen LogP contribution in [0, 0.1) is 11.8 Å². The molecule has 10 nitrogen and oxygen atoms in total. The predicted molar refractivity (Wildman–Crippen MR) is 137 cm³/mol. The van der Waals surface area contributed by atoms with Crippen molar-refractivity contribution in [1.82, 2.24) is 16.0 Å². The number of carbonyl (C=O) groups excluding carboxylic acids is 4. The first-order valence-electron chi connectivity index (χ1n) is 12.2. The molecule has 36 heavy (non-hydrogen) atoms. The van der Waals surface area contributed by atoms with Gasteiger partial charge in [-0.1, -0.05) is 58.0 Å². The topological polar surface area (TPSA) is 149 Å². The molecule has 10 heteroatoms. The first kappa shape index (κ1) is 30.9. The van der Waals surface area contributed by atoms with Gasteiger partial charge in [0, 0.05) is 0 Å². The van der Waals surface area contributed by atoms with E-state index in [1.54, 1.807) is 34.6 Å². The molecule has 0 aliphatic heterocycles. The molecule has 3 atom stereocenters. The Morgan fingerprint density at radius 3 is 2.00 bits per heavy atom. The number of amides is 4. The van der Waals surface area contributed by atoms with E-state index >= 15 is 0 Å². The van der Waals surface area contributed by atoms with Crippen LogP contribution in [0.2, 0.25) is 0 Å². The number of nitrogens with one attached hydrogen (secondary N) is 3. The Hall–Kier alpha value is -3.14. The summed E-state index contributed by atoms with van der Waals surface area (Å²) >= 11 is 0. The zero-order valence-corrected chi connectivity index (χ0v) is 22.4. The molecule has 0 aromatic heterocycles. The fourth-order valence-electron chi connectivity index (χ4n) is 3.27. The van der Waals surface area contributed by atoms with Crippen LogP contribution in [0.5, 0.6) is 0 Å². The third kappa shape index (κ3) is 12.0. The smallest absolute Gasteiger partial charge is 0.408 e. The lowest BCUT2D eigenvalue weighted by Crippen LogP contribution is -2.59. The standard InChI is InChI=1S/C26H42N4O6/c1-16(2)13-19(22(27)31)28-24(33)21(17(3)4)30-23(32)20(29-25(34)36-26(5,6)7)15-35-14-18-11-9-8-10-12-18/h8-12,16-17,19-21H,13-15H2,1-7H3,(H2,27,31)(H,28,33)(H,29,34)(H,30,32)/t19-,20-,21-/m0/s1. The minimum atomic E-state index is -1.12. The van der Waals surface area contributed by atoms with Gasteiger partial charge in [0.05, 0.1) is 13.2 Å². The molecule has 1 aromatic rings. The molecule has 0 unspecified atom stereocenters. The molecule has 0 saturated heterocycles. The number of nitrogens with two attached hydrogens (primary N) is 1. The van der Waals surface area contributed by atoms with E-state index < -0.39 is 47.5 Å². The van der Waals surface area contributed by atoms with Crippen molar-refractivity contribution in [1.29, 1.82) is 0 Å². The molecule has 5 N–H and O–H groups in total. The lowest BCUT2D eigenvalue weighted by Gasteiger charge is -2.28. The van der Waals surface area contributed by atoms with Crippen LogP contribution in [0.3, 0.4) is 0 Å². The van der Waals surface area contributed by atoms with Crippen LogP contribution in [0.4, 0.5) is 4.79 Å². The van der Waals surface area contributed by atoms with Gasteiger partial charge in [0.2, 0.25) is 17.7 Å². The third-order valence-electron chi connectivity index (χ3n) is 5.02. The van der Waals surface area contributed by atoms with Crippen molar-refractivity contribution in [2.24, 2.45) is 17.6 Å². The summed E-state index contributed by atoms with van der Waals surface area (Å²) in [6.45, 7) is 12.5. The largest absolute Gasteiger partial charge is 0.444 e. The normalized spacial score (nSPS) is 14.0. The summed E-state index contributed by atoms with van der Waals surface area (Å²) in [7, 11) is 0. The van der Waals surface area contributed by atoms with Crippen LogP contribution in [-0.2, 0) is 30.5 Å². The van der Waals surface area contributed by atoms with Crippen LogP contribution in [-0.4, -0.2) is 54.1 Å². The SMILES string of the molecule is CC(C)C[C@H](NC(=O)[C@@H](NC(=O)[C@H](COCc1ccccc1)NC(=O)OC(C)(C)C)C(C)C)C(N)=O. The maximum atomic E-state index is 13.2. The fraction of sp³-hybridized carbons (Fsp3) is 0.615. The van der Waals surface area contributed by atoms with Gasteiger partial charge in [-0.15, -0.1) is 0 Å². The van der Waals surface area contributed by atoms with Crippen molar-refractivity contribution in [2.75, 3.05) is 6.61 Å². The van der Waals surface area contributed by atoms with Gasteiger partial charge >= 0.3 is 6.09 Å². The average Bonchev–Trinajstić information content (AvgIpc) is 2.74. The van der Waals surface area contributed by atoms with Gasteiger partial charge in [0.1, 0.15) is 23.7 Å². The van der Waals surface area contributed by atoms with Crippen molar-refractivity contribution in [2.45, 2.75) is 85.2 Å². The van der Waals surface area contributed by atoms with Gasteiger partial charge in [-0.2, -0.15) is 0 Å². The van der Waals surface area contributed by atoms with Gasteiger partial charge in [-0.3, -0.25) is 14.4 Å². The van der Waals surface area contributed by atoms with Crippen molar-refractivity contribution in [3.63, 3.8) is 0 Å². The fourth-order valence-corrected chi connectivity index (χ4v) is 3.27. The van der Waals surface area contributed by atoms with E-state index in [-0.39, 0.29) is 25.0 Å². The second-order valence-corrected chi connectivity index (χ2v) is 10.5. The summed E-state index contributed by atoms with van der Waals surface area (Å²) in [5.74, 6) is -2.00. The highest BCUT2D eigenvalue weighted by molar-refractivity contribution is 5.93. The van der Waals surface area contributed by atoms with Crippen molar-refractivity contribution in [3.05, 3.63) is 35.9 Å². The van der Waals surface area contributed by atoms with E-state index in [0.717, 1.165) is 5.56 Å². The summed E-state index contributed by atoms with van der Waals surface area (Å²) < 4.78 is 11.0. The number of alkyl carbamates (subject to hydrolysis) is 1. The molecule has 1 rings (SSSR count). The second-order valence-electron chi connectivity index (χ2n) is 10.5. The Morgan fingerprint density at radius 1 is 0.889 bits per heavy atom. The highest BCUT2D eigenvalue weighted by atomic mass is 16.6. The molecule has 4 amide bonds. The van der Waals surface area contributed by atoms with Crippen LogP contribution >= 0.6 is 0 Å². The van der Waals surface area contributed by atoms with E-state index in [1.165, 1.54) is 0 Å². The molecule has 0 bridgehead atoms. The Morgan fingerprint density at radius 2 is 1.50 bits per heavy atom. The summed E-state index contributed by atoms with van der Waals surface area (Å²) in [6.07, 6.45) is -0.419. The van der Waals surface area contributed by atoms with Gasteiger partial charge in [-0.05, 0) is 44.6 Å². The number of hydrogen-bond donors (Lipinski definition) is 4. The van der Waals surface area contributed by atoms with Crippen LogP contribution in [0.1, 0.15) is 60.5 Å². The zero-order valence-electron chi connectivity index (χ0n) is 22.4. The maximum absolute atomic E-state index is 13.2. The van der Waals surface area contributed by atoms with Gasteiger partial charge in [-0.25, -0.2) is 4.79 Å². The molecule has 0 radical (unpaired) electrons.